The highest BCUT2D eigenvalue weighted by atomic mass is 32.1. The first-order valence-corrected chi connectivity index (χ1v) is 6.27. The summed E-state index contributed by atoms with van der Waals surface area (Å²) in [5.74, 6) is 5.48. The van der Waals surface area contributed by atoms with E-state index in [2.05, 4.69) is 22.1 Å². The van der Waals surface area contributed by atoms with Gasteiger partial charge in [0.2, 0.25) is 0 Å². The Morgan fingerprint density at radius 1 is 1.69 bits per heavy atom. The maximum Gasteiger partial charge on any atom is 0.296 e. The normalized spacial score (nSPS) is 16.1. The summed E-state index contributed by atoms with van der Waals surface area (Å²) in [7, 11) is 0. The van der Waals surface area contributed by atoms with E-state index in [9.17, 15) is 4.79 Å². The third-order valence-electron chi connectivity index (χ3n) is 2.50. The molecule has 1 aromatic heterocycles. The average molecular weight is 234 g/mol. The summed E-state index contributed by atoms with van der Waals surface area (Å²) < 4.78 is 0. The molecule has 0 aliphatic heterocycles. The molecule has 0 radical (unpaired) electrons. The van der Waals surface area contributed by atoms with Gasteiger partial charge in [0.25, 0.3) is 5.91 Å². The molecule has 0 saturated heterocycles. The standard InChI is InChI=1S/C12H14N2OS/c1-3-4-11(15)13-8(2)10-7-16-12(14-10)9-5-6-9/h7-9H,5-6H2,1-2H3,(H,13,15). The number of carbonyl (C=O) groups is 1. The zero-order chi connectivity index (χ0) is 11.5. The van der Waals surface area contributed by atoms with Gasteiger partial charge in [-0.1, -0.05) is 5.92 Å². The van der Waals surface area contributed by atoms with Crippen molar-refractivity contribution in [1.29, 1.82) is 0 Å². The molecule has 1 N–H and O–H groups in total. The minimum atomic E-state index is -0.240. The molecule has 1 atom stereocenters. The Labute approximate surface area is 99.3 Å². The van der Waals surface area contributed by atoms with Crippen molar-refractivity contribution in [3.8, 4) is 11.8 Å². The number of nitrogens with one attached hydrogen (secondary N) is 1. The van der Waals surface area contributed by atoms with Crippen LogP contribution >= 0.6 is 11.3 Å². The first kappa shape index (κ1) is 11.2. The predicted octanol–water partition coefficient (Wildman–Crippen LogP) is 2.22. The molecule has 4 heteroatoms. The highest BCUT2D eigenvalue weighted by Gasteiger charge is 2.27. The van der Waals surface area contributed by atoms with Crippen LogP contribution in [0.25, 0.3) is 0 Å². The molecular formula is C12H14N2OS. The van der Waals surface area contributed by atoms with Gasteiger partial charge in [0.1, 0.15) is 0 Å². The Morgan fingerprint density at radius 2 is 2.44 bits per heavy atom. The Bertz CT molecular complexity index is 451. The van der Waals surface area contributed by atoms with Crippen molar-refractivity contribution in [3.05, 3.63) is 16.1 Å². The SMILES string of the molecule is CC#CC(=O)NC(C)c1csc(C2CC2)n1. The number of hydrogen-bond acceptors (Lipinski definition) is 3. The van der Waals surface area contributed by atoms with Crippen LogP contribution in [0.4, 0.5) is 0 Å². The van der Waals surface area contributed by atoms with Crippen LogP contribution in [0.5, 0.6) is 0 Å². The van der Waals surface area contributed by atoms with Crippen molar-refractivity contribution >= 4 is 17.2 Å². The Balaban J connectivity index is 1.98. The molecule has 1 saturated carbocycles. The van der Waals surface area contributed by atoms with Crippen LogP contribution in [0.1, 0.15) is 49.4 Å². The van der Waals surface area contributed by atoms with E-state index in [0.717, 1.165) is 5.69 Å². The molecule has 1 aromatic rings. The molecule has 3 nitrogen and oxygen atoms in total. The smallest absolute Gasteiger partial charge is 0.296 e. The van der Waals surface area contributed by atoms with E-state index in [1.165, 1.54) is 17.8 Å². The van der Waals surface area contributed by atoms with Gasteiger partial charge in [-0.2, -0.15) is 0 Å². The zero-order valence-electron chi connectivity index (χ0n) is 9.41. The first-order chi connectivity index (χ1) is 7.70. The molecule has 0 aromatic carbocycles. The predicted molar refractivity (Wildman–Crippen MR) is 64.1 cm³/mol. The monoisotopic (exact) mass is 234 g/mol. The number of thiazole rings is 1. The number of aromatic nitrogens is 1. The van der Waals surface area contributed by atoms with Crippen molar-refractivity contribution in [2.75, 3.05) is 0 Å². The van der Waals surface area contributed by atoms with Gasteiger partial charge >= 0.3 is 0 Å². The van der Waals surface area contributed by atoms with Crippen molar-refractivity contribution < 1.29 is 4.79 Å². The number of amides is 1. The Hall–Kier alpha value is -1.34. The molecule has 84 valence electrons. The van der Waals surface area contributed by atoms with Gasteiger partial charge in [-0.25, -0.2) is 4.98 Å². The van der Waals surface area contributed by atoms with Gasteiger partial charge in [0.05, 0.1) is 16.7 Å². The molecule has 1 aliphatic rings. The second-order valence-corrected chi connectivity index (χ2v) is 4.84. The number of nitrogens with zero attached hydrogens (tertiary/aromatic N) is 1. The number of rotatable bonds is 3. The van der Waals surface area contributed by atoms with E-state index >= 15 is 0 Å². The van der Waals surface area contributed by atoms with Crippen LogP contribution in [0, 0.1) is 11.8 Å². The fourth-order valence-corrected chi connectivity index (χ4v) is 2.52. The molecule has 1 fully saturated rings. The summed E-state index contributed by atoms with van der Waals surface area (Å²) >= 11 is 1.69. The van der Waals surface area contributed by atoms with Gasteiger partial charge in [0, 0.05) is 11.3 Å². The Morgan fingerprint density at radius 3 is 3.06 bits per heavy atom. The van der Waals surface area contributed by atoms with Crippen molar-refractivity contribution in [2.24, 2.45) is 0 Å². The minimum Gasteiger partial charge on any atom is -0.337 e. The van der Waals surface area contributed by atoms with Crippen LogP contribution in [0.2, 0.25) is 0 Å². The lowest BCUT2D eigenvalue weighted by Crippen LogP contribution is -2.25. The molecule has 0 spiro atoms. The van der Waals surface area contributed by atoms with E-state index in [0.29, 0.717) is 5.92 Å². The lowest BCUT2D eigenvalue weighted by Gasteiger charge is -2.07. The highest BCUT2D eigenvalue weighted by molar-refractivity contribution is 7.09. The van der Waals surface area contributed by atoms with Crippen LogP contribution in [0.3, 0.4) is 0 Å². The third-order valence-corrected chi connectivity index (χ3v) is 3.52. The largest absolute Gasteiger partial charge is 0.337 e. The van der Waals surface area contributed by atoms with Crippen molar-refractivity contribution in [3.63, 3.8) is 0 Å². The molecule has 1 aliphatic carbocycles. The van der Waals surface area contributed by atoms with Gasteiger partial charge in [-0.05, 0) is 32.6 Å². The fraction of sp³-hybridized carbons (Fsp3) is 0.500. The average Bonchev–Trinajstić information content (AvgIpc) is 2.96. The van der Waals surface area contributed by atoms with Gasteiger partial charge in [0.15, 0.2) is 0 Å². The third kappa shape index (κ3) is 2.61. The zero-order valence-corrected chi connectivity index (χ0v) is 10.2. The summed E-state index contributed by atoms with van der Waals surface area (Å²) in [4.78, 5) is 15.8. The lowest BCUT2D eigenvalue weighted by molar-refractivity contribution is -0.116. The molecule has 1 unspecified atom stereocenters. The summed E-state index contributed by atoms with van der Waals surface area (Å²) in [6.07, 6.45) is 2.52. The van der Waals surface area contributed by atoms with E-state index in [1.54, 1.807) is 18.3 Å². The van der Waals surface area contributed by atoms with Gasteiger partial charge in [-0.3, -0.25) is 4.79 Å². The summed E-state index contributed by atoms with van der Waals surface area (Å²) in [6, 6.07) is -0.0582. The summed E-state index contributed by atoms with van der Waals surface area (Å²) in [6.45, 7) is 3.58. The lowest BCUT2D eigenvalue weighted by atomic mass is 10.2. The van der Waals surface area contributed by atoms with E-state index in [1.807, 2.05) is 12.3 Å². The van der Waals surface area contributed by atoms with E-state index < -0.39 is 0 Å². The molecule has 1 heterocycles. The summed E-state index contributed by atoms with van der Waals surface area (Å²) in [5.41, 5.74) is 0.943. The second kappa shape index (κ2) is 4.67. The van der Waals surface area contributed by atoms with Crippen LogP contribution in [-0.4, -0.2) is 10.9 Å². The molecule has 0 bridgehead atoms. The highest BCUT2D eigenvalue weighted by Crippen LogP contribution is 2.41. The number of carbonyl (C=O) groups excluding carboxylic acids is 1. The van der Waals surface area contributed by atoms with Crippen LogP contribution in [0.15, 0.2) is 5.38 Å². The molecule has 2 rings (SSSR count). The van der Waals surface area contributed by atoms with Crippen molar-refractivity contribution in [2.45, 2.75) is 38.6 Å². The fourth-order valence-electron chi connectivity index (χ4n) is 1.44. The maximum atomic E-state index is 11.3. The van der Waals surface area contributed by atoms with E-state index in [4.69, 9.17) is 0 Å². The topological polar surface area (TPSA) is 42.0 Å². The second-order valence-electron chi connectivity index (χ2n) is 3.96. The number of hydrogen-bond donors (Lipinski definition) is 1. The quantitative estimate of drug-likeness (QED) is 0.815. The maximum absolute atomic E-state index is 11.3. The minimum absolute atomic E-state index is 0.0582. The molecule has 16 heavy (non-hydrogen) atoms. The first-order valence-electron chi connectivity index (χ1n) is 5.39. The van der Waals surface area contributed by atoms with Gasteiger partial charge in [-0.15, -0.1) is 11.3 Å². The van der Waals surface area contributed by atoms with Gasteiger partial charge < -0.3 is 5.32 Å². The van der Waals surface area contributed by atoms with E-state index in [-0.39, 0.29) is 11.9 Å². The van der Waals surface area contributed by atoms with Crippen LogP contribution < -0.4 is 5.32 Å². The van der Waals surface area contributed by atoms with Crippen molar-refractivity contribution in [1.82, 2.24) is 10.3 Å². The van der Waals surface area contributed by atoms with Crippen LogP contribution in [-0.2, 0) is 4.79 Å². The summed E-state index contributed by atoms with van der Waals surface area (Å²) in [5, 5.41) is 6.03. The Kier molecular flexibility index (Phi) is 3.25. The molecular weight excluding hydrogens is 220 g/mol. The molecule has 1 amide bonds.